The van der Waals surface area contributed by atoms with Crippen LogP contribution >= 0.6 is 0 Å². The molecule has 0 saturated carbocycles. The van der Waals surface area contributed by atoms with Gasteiger partial charge in [-0.15, -0.1) is 0 Å². The number of likely N-dealkylation sites (tertiary alicyclic amines) is 1. The Balaban J connectivity index is 1.38. The highest BCUT2D eigenvalue weighted by molar-refractivity contribution is 5.92. The van der Waals surface area contributed by atoms with Crippen LogP contribution < -0.4 is 5.56 Å². The fourth-order valence-electron chi connectivity index (χ4n) is 3.95. The first-order valence-electron chi connectivity index (χ1n) is 9.51. The molecule has 136 valence electrons. The second kappa shape index (κ2) is 7.40. The molecule has 0 bridgehead atoms. The molecule has 0 radical (unpaired) electrons. The standard InChI is InChI=1S/C20H24N4O2/c25-19-13-16-5-1-2-6-17(16)22-24(19)14-15-8-11-23(12-9-15)20(26)18-7-3-4-10-21-18/h3-4,7,10,13,15H,1-2,5-6,8-9,11-12,14H2. The maximum atomic E-state index is 12.5. The highest BCUT2D eigenvalue weighted by atomic mass is 16.2. The summed E-state index contributed by atoms with van der Waals surface area (Å²) in [5.41, 5.74) is 2.74. The van der Waals surface area contributed by atoms with E-state index in [1.165, 1.54) is 0 Å². The number of amides is 1. The zero-order chi connectivity index (χ0) is 17.9. The molecular weight excluding hydrogens is 328 g/mol. The minimum absolute atomic E-state index is 0.00637. The van der Waals surface area contributed by atoms with E-state index in [9.17, 15) is 9.59 Å². The first kappa shape index (κ1) is 16.9. The highest BCUT2D eigenvalue weighted by Gasteiger charge is 2.25. The van der Waals surface area contributed by atoms with Crippen molar-refractivity contribution in [2.45, 2.75) is 45.1 Å². The van der Waals surface area contributed by atoms with Crippen molar-refractivity contribution in [2.75, 3.05) is 13.1 Å². The predicted molar refractivity (Wildman–Crippen MR) is 98.0 cm³/mol. The Morgan fingerprint density at radius 1 is 1.15 bits per heavy atom. The summed E-state index contributed by atoms with van der Waals surface area (Å²) in [5, 5.41) is 4.62. The zero-order valence-corrected chi connectivity index (χ0v) is 14.9. The van der Waals surface area contributed by atoms with Crippen LogP contribution in [0.15, 0.2) is 35.3 Å². The molecule has 1 fully saturated rings. The molecule has 26 heavy (non-hydrogen) atoms. The molecule has 0 spiro atoms. The Kier molecular flexibility index (Phi) is 4.82. The van der Waals surface area contributed by atoms with Crippen molar-refractivity contribution in [3.8, 4) is 0 Å². The van der Waals surface area contributed by atoms with E-state index >= 15 is 0 Å². The summed E-state index contributed by atoms with van der Waals surface area (Å²) < 4.78 is 1.64. The van der Waals surface area contributed by atoms with Crippen molar-refractivity contribution in [3.63, 3.8) is 0 Å². The number of piperidine rings is 1. The fraction of sp³-hybridized carbons (Fsp3) is 0.500. The van der Waals surface area contributed by atoms with Gasteiger partial charge in [0.25, 0.3) is 11.5 Å². The number of pyridine rings is 1. The Morgan fingerprint density at radius 3 is 2.73 bits per heavy atom. The normalized spacial score (nSPS) is 17.8. The Morgan fingerprint density at radius 2 is 1.96 bits per heavy atom. The first-order valence-corrected chi connectivity index (χ1v) is 9.51. The number of aryl methyl sites for hydroxylation is 2. The van der Waals surface area contributed by atoms with Crippen LogP contribution in [0.3, 0.4) is 0 Å². The molecule has 1 saturated heterocycles. The second-order valence-electron chi connectivity index (χ2n) is 7.29. The van der Waals surface area contributed by atoms with Gasteiger partial charge in [0.05, 0.1) is 5.69 Å². The molecule has 0 aromatic carbocycles. The monoisotopic (exact) mass is 352 g/mol. The van der Waals surface area contributed by atoms with Crippen molar-refractivity contribution in [1.29, 1.82) is 0 Å². The molecule has 1 aliphatic heterocycles. The van der Waals surface area contributed by atoms with Crippen LogP contribution in [0.2, 0.25) is 0 Å². The number of aromatic nitrogens is 3. The lowest BCUT2D eigenvalue weighted by molar-refractivity contribution is 0.0674. The molecule has 3 heterocycles. The van der Waals surface area contributed by atoms with Crippen LogP contribution in [0.25, 0.3) is 0 Å². The van der Waals surface area contributed by atoms with E-state index < -0.39 is 0 Å². The molecule has 0 unspecified atom stereocenters. The maximum Gasteiger partial charge on any atom is 0.272 e. The summed E-state index contributed by atoms with van der Waals surface area (Å²) >= 11 is 0. The van der Waals surface area contributed by atoms with Gasteiger partial charge >= 0.3 is 0 Å². The molecule has 1 aliphatic carbocycles. The Labute approximate surface area is 152 Å². The van der Waals surface area contributed by atoms with E-state index in [0.717, 1.165) is 49.8 Å². The third-order valence-electron chi connectivity index (χ3n) is 5.49. The number of nitrogens with zero attached hydrogens (tertiary/aromatic N) is 4. The van der Waals surface area contributed by atoms with Crippen molar-refractivity contribution < 1.29 is 4.79 Å². The number of hydrogen-bond donors (Lipinski definition) is 0. The molecule has 1 amide bonds. The largest absolute Gasteiger partial charge is 0.337 e. The number of rotatable bonds is 3. The summed E-state index contributed by atoms with van der Waals surface area (Å²) in [7, 11) is 0. The smallest absolute Gasteiger partial charge is 0.272 e. The van der Waals surface area contributed by atoms with E-state index in [2.05, 4.69) is 10.1 Å². The summed E-state index contributed by atoms with van der Waals surface area (Å²) in [4.78, 5) is 30.8. The number of hydrogen-bond acceptors (Lipinski definition) is 4. The molecule has 0 N–H and O–H groups in total. The van der Waals surface area contributed by atoms with Crippen LogP contribution in [0.4, 0.5) is 0 Å². The van der Waals surface area contributed by atoms with Gasteiger partial charge in [0.15, 0.2) is 0 Å². The molecular formula is C20H24N4O2. The lowest BCUT2D eigenvalue weighted by Crippen LogP contribution is -2.40. The molecule has 2 aromatic heterocycles. The van der Waals surface area contributed by atoms with Gasteiger partial charge in [-0.1, -0.05) is 6.07 Å². The first-order chi connectivity index (χ1) is 12.7. The summed E-state index contributed by atoms with van der Waals surface area (Å²) in [6.45, 7) is 2.07. The molecule has 6 nitrogen and oxygen atoms in total. The van der Waals surface area contributed by atoms with Gasteiger partial charge in [-0.3, -0.25) is 14.6 Å². The molecule has 2 aliphatic rings. The van der Waals surface area contributed by atoms with Gasteiger partial charge in [0.1, 0.15) is 5.69 Å². The van der Waals surface area contributed by atoms with Gasteiger partial charge in [-0.25, -0.2) is 4.68 Å². The summed E-state index contributed by atoms with van der Waals surface area (Å²) in [6.07, 6.45) is 7.70. The van der Waals surface area contributed by atoms with E-state index in [0.29, 0.717) is 31.2 Å². The molecule has 2 aromatic rings. The average molecular weight is 352 g/mol. The molecule has 6 heteroatoms. The van der Waals surface area contributed by atoms with Gasteiger partial charge in [-0.2, -0.15) is 5.10 Å². The van der Waals surface area contributed by atoms with Crippen LogP contribution in [0.5, 0.6) is 0 Å². The predicted octanol–water partition coefficient (Wildman–Crippen LogP) is 2.07. The quantitative estimate of drug-likeness (QED) is 0.848. The summed E-state index contributed by atoms with van der Waals surface area (Å²) in [5.74, 6) is 0.378. The number of fused-ring (bicyclic) bond motifs is 1. The van der Waals surface area contributed by atoms with Crippen molar-refractivity contribution in [1.82, 2.24) is 19.7 Å². The van der Waals surface area contributed by atoms with Gasteiger partial charge in [0.2, 0.25) is 0 Å². The third kappa shape index (κ3) is 3.54. The van der Waals surface area contributed by atoms with Crippen LogP contribution in [0, 0.1) is 5.92 Å². The Bertz CT molecular complexity index is 839. The van der Waals surface area contributed by atoms with Crippen LogP contribution in [-0.2, 0) is 19.4 Å². The second-order valence-corrected chi connectivity index (χ2v) is 7.29. The van der Waals surface area contributed by atoms with Gasteiger partial charge in [-0.05, 0) is 62.1 Å². The topological polar surface area (TPSA) is 68.1 Å². The van der Waals surface area contributed by atoms with E-state index in [1.54, 1.807) is 23.0 Å². The SMILES string of the molecule is O=C(c1ccccn1)N1CCC(Cn2nc3c(cc2=O)CCCC3)CC1. The zero-order valence-electron chi connectivity index (χ0n) is 14.9. The minimum Gasteiger partial charge on any atom is -0.337 e. The van der Waals surface area contributed by atoms with Crippen LogP contribution in [-0.4, -0.2) is 38.7 Å². The maximum absolute atomic E-state index is 12.5. The lowest BCUT2D eigenvalue weighted by Gasteiger charge is -2.32. The lowest BCUT2D eigenvalue weighted by atomic mass is 9.95. The van der Waals surface area contributed by atoms with E-state index in [4.69, 9.17) is 0 Å². The molecule has 4 rings (SSSR count). The fourth-order valence-corrected chi connectivity index (χ4v) is 3.95. The average Bonchev–Trinajstić information content (AvgIpc) is 2.69. The highest BCUT2D eigenvalue weighted by Crippen LogP contribution is 2.21. The van der Waals surface area contributed by atoms with E-state index in [-0.39, 0.29) is 11.5 Å². The number of carbonyl (C=O) groups excluding carboxylic acids is 1. The van der Waals surface area contributed by atoms with Crippen molar-refractivity contribution >= 4 is 5.91 Å². The van der Waals surface area contributed by atoms with Crippen molar-refractivity contribution in [3.05, 3.63) is 57.8 Å². The number of carbonyl (C=O) groups is 1. The van der Waals surface area contributed by atoms with Crippen LogP contribution in [0.1, 0.15) is 47.4 Å². The Hall–Kier alpha value is -2.50. The summed E-state index contributed by atoms with van der Waals surface area (Å²) in [6, 6.07) is 7.18. The minimum atomic E-state index is -0.00637. The van der Waals surface area contributed by atoms with Gasteiger partial charge < -0.3 is 4.90 Å². The van der Waals surface area contributed by atoms with Crippen molar-refractivity contribution in [2.24, 2.45) is 5.92 Å². The van der Waals surface area contributed by atoms with Gasteiger partial charge in [0, 0.05) is 31.9 Å². The van der Waals surface area contributed by atoms with E-state index in [1.807, 2.05) is 17.0 Å². The molecule has 0 atom stereocenters. The third-order valence-corrected chi connectivity index (χ3v) is 5.49.